The van der Waals surface area contributed by atoms with Crippen LogP contribution in [0.5, 0.6) is 11.5 Å². The lowest BCUT2D eigenvalue weighted by molar-refractivity contribution is 0.180. The minimum atomic E-state index is -0.661. The lowest BCUT2D eigenvalue weighted by Crippen LogP contribution is -2.40. The van der Waals surface area contributed by atoms with Crippen molar-refractivity contribution in [2.45, 2.75) is 39.0 Å². The number of methoxy groups -OCH3 is 1. The van der Waals surface area contributed by atoms with Gasteiger partial charge in [-0.3, -0.25) is 4.99 Å². The van der Waals surface area contributed by atoms with Crippen molar-refractivity contribution in [2.75, 3.05) is 40.8 Å². The van der Waals surface area contributed by atoms with E-state index in [0.29, 0.717) is 19.0 Å². The zero-order valence-corrected chi connectivity index (χ0v) is 22.9. The molecule has 0 aliphatic carbocycles. The summed E-state index contributed by atoms with van der Waals surface area (Å²) < 4.78 is 11.2. The minimum absolute atomic E-state index is 0. The first-order valence-corrected chi connectivity index (χ1v) is 11.1. The smallest absolute Gasteiger partial charge is 0.191 e. The second kappa shape index (κ2) is 15.0. The number of likely N-dealkylation sites (N-methyl/N-ethyl adjacent to an activating group) is 1. The van der Waals surface area contributed by atoms with E-state index in [1.165, 1.54) is 0 Å². The Kier molecular flexibility index (Phi) is 13.2. The van der Waals surface area contributed by atoms with Crippen LogP contribution in [0, 0.1) is 0 Å². The Labute approximate surface area is 215 Å². The molecule has 2 rings (SSSR count). The molecule has 2 aromatic rings. The lowest BCUT2D eigenvalue weighted by atomic mass is 10.0. The van der Waals surface area contributed by atoms with Gasteiger partial charge in [-0.25, -0.2) is 0 Å². The van der Waals surface area contributed by atoms with Gasteiger partial charge in [0.2, 0.25) is 0 Å². The fourth-order valence-corrected chi connectivity index (χ4v) is 3.35. The van der Waals surface area contributed by atoms with Gasteiger partial charge in [-0.05, 0) is 58.6 Å². The molecule has 0 spiro atoms. The van der Waals surface area contributed by atoms with Crippen LogP contribution in [0.2, 0.25) is 0 Å². The van der Waals surface area contributed by atoms with Crippen LogP contribution >= 0.6 is 24.0 Å². The number of guanidine groups is 1. The number of aliphatic hydroxyl groups is 1. The van der Waals surface area contributed by atoms with E-state index in [0.717, 1.165) is 29.2 Å². The maximum absolute atomic E-state index is 10.6. The summed E-state index contributed by atoms with van der Waals surface area (Å²) >= 11 is 0. The highest BCUT2D eigenvalue weighted by molar-refractivity contribution is 14.0. The molecular formula is C25H39IN4O3. The number of benzene rings is 2. The Hall–Kier alpha value is -2.04. The number of nitrogens with zero attached hydrogens (tertiary/aromatic N) is 2. The van der Waals surface area contributed by atoms with Crippen LogP contribution in [-0.2, 0) is 0 Å². The highest BCUT2D eigenvalue weighted by atomic mass is 127. The number of hydrogen-bond acceptors (Lipinski definition) is 5. The molecule has 0 radical (unpaired) electrons. The third-order valence-corrected chi connectivity index (χ3v) is 4.99. The van der Waals surface area contributed by atoms with Crippen LogP contribution in [0.25, 0.3) is 0 Å². The minimum Gasteiger partial charge on any atom is -0.496 e. The number of nitrogens with one attached hydrogen (secondary N) is 2. The van der Waals surface area contributed by atoms with Crippen LogP contribution < -0.4 is 20.1 Å². The molecule has 0 saturated heterocycles. The van der Waals surface area contributed by atoms with Gasteiger partial charge in [0.05, 0.1) is 31.9 Å². The van der Waals surface area contributed by atoms with E-state index in [2.05, 4.69) is 21.6 Å². The van der Waals surface area contributed by atoms with E-state index in [1.54, 1.807) is 7.11 Å². The third-order valence-electron chi connectivity index (χ3n) is 4.99. The van der Waals surface area contributed by atoms with Gasteiger partial charge in [0, 0.05) is 18.7 Å². The topological polar surface area (TPSA) is 78.4 Å². The molecule has 0 bridgehead atoms. The molecule has 0 aliphatic rings. The van der Waals surface area contributed by atoms with Crippen molar-refractivity contribution in [3.63, 3.8) is 0 Å². The molecule has 33 heavy (non-hydrogen) atoms. The molecule has 2 unspecified atom stereocenters. The Morgan fingerprint density at radius 1 is 1.06 bits per heavy atom. The summed E-state index contributed by atoms with van der Waals surface area (Å²) in [6.45, 7) is 7.61. The third kappa shape index (κ3) is 9.38. The van der Waals surface area contributed by atoms with E-state index in [9.17, 15) is 5.11 Å². The Bertz CT molecular complexity index is 844. The predicted molar refractivity (Wildman–Crippen MR) is 146 cm³/mol. The summed E-state index contributed by atoms with van der Waals surface area (Å²) in [5.74, 6) is 2.30. The molecule has 0 amide bonds. The fraction of sp³-hybridized carbons (Fsp3) is 0.480. The monoisotopic (exact) mass is 570 g/mol. The van der Waals surface area contributed by atoms with Crippen molar-refractivity contribution >= 4 is 29.9 Å². The molecule has 0 aromatic heterocycles. The first-order chi connectivity index (χ1) is 15.3. The molecule has 0 saturated carbocycles. The van der Waals surface area contributed by atoms with E-state index in [1.807, 2.05) is 77.3 Å². The summed E-state index contributed by atoms with van der Waals surface area (Å²) in [4.78, 5) is 6.89. The zero-order chi connectivity index (χ0) is 23.5. The Morgan fingerprint density at radius 2 is 1.73 bits per heavy atom. The molecule has 0 fully saturated rings. The van der Waals surface area contributed by atoms with Crippen molar-refractivity contribution in [1.29, 1.82) is 0 Å². The number of rotatable bonds is 11. The van der Waals surface area contributed by atoms with Gasteiger partial charge < -0.3 is 30.1 Å². The summed E-state index contributed by atoms with van der Waals surface area (Å²) in [6.07, 6.45) is -0.543. The molecule has 0 aliphatic heterocycles. The number of halogens is 1. The van der Waals surface area contributed by atoms with Crippen molar-refractivity contribution in [3.8, 4) is 11.5 Å². The Balaban J connectivity index is 0.00000544. The van der Waals surface area contributed by atoms with Crippen LogP contribution in [0.4, 0.5) is 0 Å². The van der Waals surface area contributed by atoms with E-state index < -0.39 is 6.10 Å². The summed E-state index contributed by atoms with van der Waals surface area (Å²) in [5.41, 5.74) is 1.91. The average Bonchev–Trinajstić information content (AvgIpc) is 2.77. The Morgan fingerprint density at radius 3 is 2.30 bits per heavy atom. The van der Waals surface area contributed by atoms with Gasteiger partial charge in [-0.1, -0.05) is 30.3 Å². The van der Waals surface area contributed by atoms with Crippen LogP contribution in [0.15, 0.2) is 53.5 Å². The second-order valence-electron chi connectivity index (χ2n) is 8.07. The first kappa shape index (κ1) is 29.0. The van der Waals surface area contributed by atoms with Crippen LogP contribution in [0.3, 0.4) is 0 Å². The summed E-state index contributed by atoms with van der Waals surface area (Å²) in [6, 6.07) is 15.6. The molecule has 2 atom stereocenters. The molecule has 8 heteroatoms. The SMILES string of the molecule is CCNC(=NCC(c1ccccc1OC)N(C)C)NCC(O)c1ccc(OC(C)C)cc1.I. The normalized spacial score (nSPS) is 13.3. The predicted octanol–water partition coefficient (Wildman–Crippen LogP) is 3.99. The van der Waals surface area contributed by atoms with Crippen LogP contribution in [-0.4, -0.2) is 62.9 Å². The maximum Gasteiger partial charge on any atom is 0.191 e. The van der Waals surface area contributed by atoms with E-state index in [4.69, 9.17) is 14.5 Å². The van der Waals surface area contributed by atoms with Gasteiger partial charge in [0.25, 0.3) is 0 Å². The molecular weight excluding hydrogens is 531 g/mol. The van der Waals surface area contributed by atoms with Crippen molar-refractivity contribution in [2.24, 2.45) is 4.99 Å². The first-order valence-electron chi connectivity index (χ1n) is 11.1. The largest absolute Gasteiger partial charge is 0.496 e. The van der Waals surface area contributed by atoms with E-state index >= 15 is 0 Å². The summed E-state index contributed by atoms with van der Waals surface area (Å²) in [7, 11) is 5.75. The molecule has 184 valence electrons. The van der Waals surface area contributed by atoms with Crippen molar-refractivity contribution in [1.82, 2.24) is 15.5 Å². The number of aliphatic imine (C=N–C) groups is 1. The molecule has 2 aromatic carbocycles. The van der Waals surface area contributed by atoms with Crippen LogP contribution in [0.1, 0.15) is 44.0 Å². The highest BCUT2D eigenvalue weighted by Gasteiger charge is 2.18. The fourth-order valence-electron chi connectivity index (χ4n) is 3.35. The highest BCUT2D eigenvalue weighted by Crippen LogP contribution is 2.28. The lowest BCUT2D eigenvalue weighted by Gasteiger charge is -2.25. The van der Waals surface area contributed by atoms with Gasteiger partial charge >= 0.3 is 0 Å². The molecule has 3 N–H and O–H groups in total. The number of ether oxygens (including phenoxy) is 2. The van der Waals surface area contributed by atoms with Gasteiger partial charge in [0.15, 0.2) is 5.96 Å². The number of aliphatic hydroxyl groups excluding tert-OH is 1. The molecule has 7 nitrogen and oxygen atoms in total. The average molecular weight is 571 g/mol. The van der Waals surface area contributed by atoms with Gasteiger partial charge in [-0.15, -0.1) is 24.0 Å². The number of para-hydroxylation sites is 1. The van der Waals surface area contributed by atoms with Crippen molar-refractivity contribution < 1.29 is 14.6 Å². The van der Waals surface area contributed by atoms with E-state index in [-0.39, 0.29) is 36.1 Å². The summed E-state index contributed by atoms with van der Waals surface area (Å²) in [5, 5.41) is 17.1. The standard InChI is InChI=1S/C25H38N4O3.HI/c1-7-26-25(27-16-22(29(4)5)21-10-8-9-11-24(21)31-6)28-17-23(30)19-12-14-20(15-13-19)32-18(2)3;/h8-15,18,22-23,30H,7,16-17H2,1-6H3,(H2,26,27,28);1H. The second-order valence-corrected chi connectivity index (χ2v) is 8.07. The van der Waals surface area contributed by atoms with Gasteiger partial charge in [0.1, 0.15) is 11.5 Å². The maximum atomic E-state index is 10.6. The van der Waals surface area contributed by atoms with Crippen molar-refractivity contribution in [3.05, 3.63) is 59.7 Å². The zero-order valence-electron chi connectivity index (χ0n) is 20.5. The van der Waals surface area contributed by atoms with Gasteiger partial charge in [-0.2, -0.15) is 0 Å². The quantitative estimate of drug-likeness (QED) is 0.216. The molecule has 0 heterocycles. The number of hydrogen-bond donors (Lipinski definition) is 3.